The minimum atomic E-state index is -3.39. The lowest BCUT2D eigenvalue weighted by molar-refractivity contribution is 0.260. The molecule has 3 atom stereocenters. The highest BCUT2D eigenvalue weighted by atomic mass is 32.2. The van der Waals surface area contributed by atoms with Gasteiger partial charge in [0.2, 0.25) is 10.0 Å². The zero-order chi connectivity index (χ0) is 11.8. The first kappa shape index (κ1) is 11.9. The zero-order valence-corrected chi connectivity index (χ0v) is 10.4. The third-order valence-corrected chi connectivity index (χ3v) is 6.02. The van der Waals surface area contributed by atoms with Crippen molar-refractivity contribution in [3.8, 4) is 6.07 Å². The van der Waals surface area contributed by atoms with Gasteiger partial charge in [-0.3, -0.25) is 0 Å². The second-order valence-electron chi connectivity index (χ2n) is 4.83. The van der Waals surface area contributed by atoms with Crippen LogP contribution in [0.25, 0.3) is 0 Å². The highest BCUT2D eigenvalue weighted by Gasteiger charge is 2.43. The van der Waals surface area contributed by atoms with Gasteiger partial charge in [0.1, 0.15) is 0 Å². The lowest BCUT2D eigenvalue weighted by Gasteiger charge is -2.31. The Morgan fingerprint density at radius 3 is 2.69 bits per heavy atom. The average Bonchev–Trinajstić information content (AvgIpc) is 2.72. The van der Waals surface area contributed by atoms with Gasteiger partial charge in [0.25, 0.3) is 0 Å². The third kappa shape index (κ3) is 1.85. The second kappa shape index (κ2) is 4.34. The van der Waals surface area contributed by atoms with Crippen LogP contribution in [0, 0.1) is 17.2 Å². The summed E-state index contributed by atoms with van der Waals surface area (Å²) in [4.78, 5) is 0. The molecule has 1 saturated heterocycles. The molecule has 16 heavy (non-hydrogen) atoms. The molecule has 0 aromatic carbocycles. The van der Waals surface area contributed by atoms with Gasteiger partial charge in [-0.15, -0.1) is 0 Å². The number of nitriles is 1. The van der Waals surface area contributed by atoms with Crippen LogP contribution in [-0.2, 0) is 10.0 Å². The Kier molecular flexibility index (Phi) is 3.22. The summed E-state index contributed by atoms with van der Waals surface area (Å²) >= 11 is 0. The topological polar surface area (TPSA) is 61.2 Å². The van der Waals surface area contributed by atoms with Crippen LogP contribution in [0.3, 0.4) is 0 Å². The molecule has 0 bridgehead atoms. The van der Waals surface area contributed by atoms with Gasteiger partial charge < -0.3 is 0 Å². The van der Waals surface area contributed by atoms with Crippen LogP contribution in [0.5, 0.6) is 0 Å². The highest BCUT2D eigenvalue weighted by molar-refractivity contribution is 7.90. The van der Waals surface area contributed by atoms with Crippen LogP contribution in [0.15, 0.2) is 0 Å². The molecule has 4 nitrogen and oxygen atoms in total. The molecule has 0 radical (unpaired) electrons. The van der Waals surface area contributed by atoms with Gasteiger partial charge in [0.05, 0.1) is 6.07 Å². The van der Waals surface area contributed by atoms with Gasteiger partial charge >= 0.3 is 0 Å². The van der Waals surface area contributed by atoms with Gasteiger partial charge in [-0.25, -0.2) is 8.42 Å². The Morgan fingerprint density at radius 2 is 2.00 bits per heavy atom. The van der Waals surface area contributed by atoms with E-state index in [2.05, 4.69) is 0 Å². The molecule has 2 fully saturated rings. The summed E-state index contributed by atoms with van der Waals surface area (Å²) in [6.45, 7) is 2.09. The minimum Gasteiger partial charge on any atom is -0.211 e. The molecular weight excluding hydrogens is 224 g/mol. The predicted octanol–water partition coefficient (Wildman–Crippen LogP) is 1.49. The van der Waals surface area contributed by atoms with Gasteiger partial charge in [0.15, 0.2) is 5.25 Å². The monoisotopic (exact) mass is 242 g/mol. The van der Waals surface area contributed by atoms with Crippen molar-refractivity contribution >= 4 is 10.0 Å². The van der Waals surface area contributed by atoms with Crippen molar-refractivity contribution in [2.24, 2.45) is 5.92 Å². The SMILES string of the molecule is CC(C#N)S(=O)(=O)N1CCC2CCCCC21. The Labute approximate surface area is 97.3 Å². The molecule has 2 aliphatic rings. The fraction of sp³-hybridized carbons (Fsp3) is 0.909. The molecule has 1 heterocycles. The van der Waals surface area contributed by atoms with Crippen molar-refractivity contribution in [1.29, 1.82) is 5.26 Å². The molecule has 0 aromatic heterocycles. The van der Waals surface area contributed by atoms with Crippen LogP contribution >= 0.6 is 0 Å². The average molecular weight is 242 g/mol. The highest BCUT2D eigenvalue weighted by Crippen LogP contribution is 2.38. The molecule has 1 saturated carbocycles. The van der Waals surface area contributed by atoms with Crippen LogP contribution < -0.4 is 0 Å². The standard InChI is InChI=1S/C11H18N2O2S/c1-9(8-12)16(14,15)13-7-6-10-4-2-3-5-11(10)13/h9-11H,2-7H2,1H3. The first-order valence-electron chi connectivity index (χ1n) is 5.97. The maximum Gasteiger partial charge on any atom is 0.230 e. The normalized spacial score (nSPS) is 33.0. The molecule has 1 aliphatic heterocycles. The summed E-state index contributed by atoms with van der Waals surface area (Å²) in [7, 11) is -3.39. The Bertz CT molecular complexity index is 399. The second-order valence-corrected chi connectivity index (χ2v) is 7.03. The van der Waals surface area contributed by atoms with E-state index < -0.39 is 15.3 Å². The maximum atomic E-state index is 12.1. The number of hydrogen-bond acceptors (Lipinski definition) is 3. The number of nitrogens with zero attached hydrogens (tertiary/aromatic N) is 2. The third-order valence-electron chi connectivity index (χ3n) is 3.91. The van der Waals surface area contributed by atoms with Gasteiger partial charge in [-0.2, -0.15) is 9.57 Å². The number of rotatable bonds is 2. The van der Waals surface area contributed by atoms with Crippen molar-refractivity contribution in [1.82, 2.24) is 4.31 Å². The van der Waals surface area contributed by atoms with E-state index in [0.717, 1.165) is 25.7 Å². The van der Waals surface area contributed by atoms with Crippen molar-refractivity contribution in [3.63, 3.8) is 0 Å². The van der Waals surface area contributed by atoms with Crippen molar-refractivity contribution in [2.75, 3.05) is 6.54 Å². The summed E-state index contributed by atoms with van der Waals surface area (Å²) in [6.07, 6.45) is 5.44. The van der Waals surface area contributed by atoms with Gasteiger partial charge in [-0.1, -0.05) is 12.8 Å². The van der Waals surface area contributed by atoms with Crippen LogP contribution in [0.4, 0.5) is 0 Å². The summed E-state index contributed by atoms with van der Waals surface area (Å²) in [6, 6.07) is 2.02. The number of hydrogen-bond donors (Lipinski definition) is 0. The van der Waals surface area contributed by atoms with E-state index in [1.165, 1.54) is 13.3 Å². The Hall–Kier alpha value is -0.600. The van der Waals surface area contributed by atoms with E-state index in [1.807, 2.05) is 6.07 Å². The molecule has 3 unspecified atom stereocenters. The van der Waals surface area contributed by atoms with Gasteiger partial charge in [0, 0.05) is 12.6 Å². The van der Waals surface area contributed by atoms with E-state index in [9.17, 15) is 8.42 Å². The molecule has 0 spiro atoms. The summed E-state index contributed by atoms with van der Waals surface area (Å²) in [5, 5.41) is 7.86. The summed E-state index contributed by atoms with van der Waals surface area (Å²) in [5.41, 5.74) is 0. The number of sulfonamides is 1. The molecule has 5 heteroatoms. The lowest BCUT2D eigenvalue weighted by Crippen LogP contribution is -2.42. The predicted molar refractivity (Wildman–Crippen MR) is 61.1 cm³/mol. The molecule has 0 aromatic rings. The fourth-order valence-corrected chi connectivity index (χ4v) is 4.50. The van der Waals surface area contributed by atoms with Crippen molar-refractivity contribution in [3.05, 3.63) is 0 Å². The van der Waals surface area contributed by atoms with E-state index in [1.54, 1.807) is 4.31 Å². The molecule has 2 rings (SSSR count). The van der Waals surface area contributed by atoms with E-state index in [0.29, 0.717) is 12.5 Å². The molecule has 90 valence electrons. The largest absolute Gasteiger partial charge is 0.230 e. The maximum absolute atomic E-state index is 12.1. The molecule has 1 aliphatic carbocycles. The van der Waals surface area contributed by atoms with Crippen LogP contribution in [0.2, 0.25) is 0 Å². The summed E-state index contributed by atoms with van der Waals surface area (Å²) < 4.78 is 25.8. The van der Waals surface area contributed by atoms with Crippen molar-refractivity contribution < 1.29 is 8.42 Å². The zero-order valence-electron chi connectivity index (χ0n) is 9.59. The van der Waals surface area contributed by atoms with E-state index in [4.69, 9.17) is 5.26 Å². The van der Waals surface area contributed by atoms with Gasteiger partial charge in [-0.05, 0) is 32.1 Å². The molecule has 0 N–H and O–H groups in total. The number of fused-ring (bicyclic) bond motifs is 1. The van der Waals surface area contributed by atoms with Crippen LogP contribution in [-0.4, -0.2) is 30.6 Å². The Morgan fingerprint density at radius 1 is 1.31 bits per heavy atom. The summed E-state index contributed by atoms with van der Waals surface area (Å²) in [5.74, 6) is 0.536. The van der Waals surface area contributed by atoms with E-state index in [-0.39, 0.29) is 6.04 Å². The van der Waals surface area contributed by atoms with Crippen molar-refractivity contribution in [2.45, 2.75) is 50.3 Å². The first-order valence-corrected chi connectivity index (χ1v) is 7.48. The molecule has 0 amide bonds. The van der Waals surface area contributed by atoms with E-state index >= 15 is 0 Å². The van der Waals surface area contributed by atoms with Crippen LogP contribution in [0.1, 0.15) is 39.0 Å². The molecular formula is C11H18N2O2S. The lowest BCUT2D eigenvalue weighted by atomic mass is 9.86. The fourth-order valence-electron chi connectivity index (χ4n) is 2.95. The minimum absolute atomic E-state index is 0.176. The first-order chi connectivity index (χ1) is 7.57. The smallest absolute Gasteiger partial charge is 0.211 e. The Balaban J connectivity index is 2.20. The quantitative estimate of drug-likeness (QED) is 0.737.